The maximum absolute atomic E-state index is 11.8. The van der Waals surface area contributed by atoms with Crippen molar-refractivity contribution < 1.29 is 0 Å². The highest BCUT2D eigenvalue weighted by molar-refractivity contribution is 9.10. The first kappa shape index (κ1) is 14.1. The van der Waals surface area contributed by atoms with E-state index in [0.717, 1.165) is 0 Å². The van der Waals surface area contributed by atoms with Gasteiger partial charge in [-0.3, -0.25) is 4.79 Å². The molecule has 0 saturated heterocycles. The molecule has 0 atom stereocenters. The van der Waals surface area contributed by atoms with Gasteiger partial charge in [0.15, 0.2) is 5.16 Å². The number of benzene rings is 1. The zero-order chi connectivity index (χ0) is 14.0. The Bertz CT molecular complexity index is 739. The second-order valence-electron chi connectivity index (χ2n) is 3.54. The summed E-state index contributed by atoms with van der Waals surface area (Å²) in [5, 5.41) is 10.1. The van der Waals surface area contributed by atoms with Crippen LogP contribution < -0.4 is 5.56 Å². The van der Waals surface area contributed by atoms with E-state index in [9.17, 15) is 4.79 Å². The molecule has 0 spiro atoms. The number of rotatable bonds is 2. The first-order valence-corrected chi connectivity index (χ1v) is 7.50. The zero-order valence-electron chi connectivity index (χ0n) is 9.70. The standard InChI is InChI=1S/C12H7BrClN3OS/c1-19-12-16-10(7(5-15)11(18)17-12)6-2-3-9(14)8(13)4-6/h2-4H,1H3,(H,16,17,18). The molecule has 0 fully saturated rings. The van der Waals surface area contributed by atoms with Crippen molar-refractivity contribution in [1.82, 2.24) is 9.97 Å². The fourth-order valence-corrected chi connectivity index (χ4v) is 2.38. The topological polar surface area (TPSA) is 69.5 Å². The van der Waals surface area contributed by atoms with E-state index in [1.807, 2.05) is 6.07 Å². The van der Waals surface area contributed by atoms with Crippen LogP contribution in [-0.2, 0) is 0 Å². The minimum absolute atomic E-state index is 0.00739. The van der Waals surface area contributed by atoms with E-state index in [0.29, 0.717) is 25.9 Å². The number of hydrogen-bond acceptors (Lipinski definition) is 4. The number of aromatic nitrogens is 2. The fraction of sp³-hybridized carbons (Fsp3) is 0.0833. The maximum atomic E-state index is 11.8. The minimum atomic E-state index is -0.442. The van der Waals surface area contributed by atoms with Gasteiger partial charge in [-0.1, -0.05) is 29.4 Å². The van der Waals surface area contributed by atoms with Crippen LogP contribution >= 0.6 is 39.3 Å². The van der Waals surface area contributed by atoms with Crippen molar-refractivity contribution in [3.05, 3.63) is 43.6 Å². The number of nitrogens with one attached hydrogen (secondary N) is 1. The molecule has 2 aromatic rings. The molecule has 96 valence electrons. The largest absolute Gasteiger partial charge is 0.300 e. The summed E-state index contributed by atoms with van der Waals surface area (Å²) >= 11 is 10.5. The molecular formula is C12H7BrClN3OS. The summed E-state index contributed by atoms with van der Waals surface area (Å²) in [5.74, 6) is 0. The summed E-state index contributed by atoms with van der Waals surface area (Å²) in [6.45, 7) is 0. The number of nitriles is 1. The Morgan fingerprint density at radius 3 is 2.84 bits per heavy atom. The van der Waals surface area contributed by atoms with Crippen LogP contribution in [0.1, 0.15) is 5.56 Å². The molecular weight excluding hydrogens is 350 g/mol. The Morgan fingerprint density at radius 2 is 2.26 bits per heavy atom. The summed E-state index contributed by atoms with van der Waals surface area (Å²) < 4.78 is 0.684. The lowest BCUT2D eigenvalue weighted by Gasteiger charge is -2.06. The Hall–Kier alpha value is -1.29. The van der Waals surface area contributed by atoms with E-state index in [1.54, 1.807) is 24.5 Å². The highest BCUT2D eigenvalue weighted by Crippen LogP contribution is 2.29. The molecule has 2 rings (SSSR count). The fourth-order valence-electron chi connectivity index (χ4n) is 1.51. The summed E-state index contributed by atoms with van der Waals surface area (Å²) in [5.41, 5.74) is 0.567. The molecule has 0 bridgehead atoms. The molecule has 0 amide bonds. The number of H-pyrrole nitrogens is 1. The molecule has 7 heteroatoms. The lowest BCUT2D eigenvalue weighted by Crippen LogP contribution is -2.14. The molecule has 0 radical (unpaired) electrons. The van der Waals surface area contributed by atoms with Crippen molar-refractivity contribution >= 4 is 39.3 Å². The minimum Gasteiger partial charge on any atom is -0.300 e. The normalized spacial score (nSPS) is 10.2. The van der Waals surface area contributed by atoms with Crippen LogP contribution in [0.3, 0.4) is 0 Å². The van der Waals surface area contributed by atoms with Crippen molar-refractivity contribution in [3.63, 3.8) is 0 Å². The maximum Gasteiger partial charge on any atom is 0.270 e. The third-order valence-electron chi connectivity index (χ3n) is 2.40. The molecule has 1 aromatic heterocycles. The summed E-state index contributed by atoms with van der Waals surface area (Å²) in [4.78, 5) is 18.6. The lowest BCUT2D eigenvalue weighted by molar-refractivity contribution is 0.937. The molecule has 1 aromatic carbocycles. The van der Waals surface area contributed by atoms with Gasteiger partial charge >= 0.3 is 0 Å². The van der Waals surface area contributed by atoms with Gasteiger partial charge in [-0.25, -0.2) is 4.98 Å². The van der Waals surface area contributed by atoms with E-state index < -0.39 is 5.56 Å². The Balaban J connectivity index is 2.73. The average molecular weight is 357 g/mol. The van der Waals surface area contributed by atoms with Gasteiger partial charge in [-0.15, -0.1) is 0 Å². The molecule has 19 heavy (non-hydrogen) atoms. The predicted molar refractivity (Wildman–Crippen MR) is 79.5 cm³/mol. The van der Waals surface area contributed by atoms with Crippen molar-refractivity contribution in [2.24, 2.45) is 0 Å². The highest BCUT2D eigenvalue weighted by atomic mass is 79.9. The van der Waals surface area contributed by atoms with Crippen LogP contribution in [0.25, 0.3) is 11.3 Å². The second kappa shape index (κ2) is 5.78. The Morgan fingerprint density at radius 1 is 1.53 bits per heavy atom. The molecule has 4 nitrogen and oxygen atoms in total. The van der Waals surface area contributed by atoms with E-state index in [-0.39, 0.29) is 5.56 Å². The lowest BCUT2D eigenvalue weighted by atomic mass is 10.1. The molecule has 0 aliphatic carbocycles. The van der Waals surface area contributed by atoms with Gasteiger partial charge < -0.3 is 4.98 Å². The summed E-state index contributed by atoms with van der Waals surface area (Å²) in [7, 11) is 0. The molecule has 1 N–H and O–H groups in total. The van der Waals surface area contributed by atoms with Crippen LogP contribution in [0.2, 0.25) is 5.02 Å². The predicted octanol–water partition coefficient (Wildman–Crippen LogP) is 3.45. The van der Waals surface area contributed by atoms with E-state index in [2.05, 4.69) is 25.9 Å². The van der Waals surface area contributed by atoms with Crippen LogP contribution in [0, 0.1) is 11.3 Å². The van der Waals surface area contributed by atoms with Gasteiger partial charge in [0, 0.05) is 10.0 Å². The van der Waals surface area contributed by atoms with Crippen LogP contribution in [0.5, 0.6) is 0 Å². The molecule has 0 aliphatic heterocycles. The SMILES string of the molecule is CSc1nc(-c2ccc(Cl)c(Br)c2)c(C#N)c(=O)[nH]1. The molecule has 0 aliphatic rings. The van der Waals surface area contributed by atoms with Gasteiger partial charge in [0.05, 0.1) is 10.7 Å². The van der Waals surface area contributed by atoms with E-state index in [4.69, 9.17) is 16.9 Å². The summed E-state index contributed by atoms with van der Waals surface area (Å²) in [6.07, 6.45) is 1.80. The van der Waals surface area contributed by atoms with Gasteiger partial charge in [0.1, 0.15) is 11.6 Å². The Labute approximate surface area is 127 Å². The van der Waals surface area contributed by atoms with Crippen LogP contribution in [0.4, 0.5) is 0 Å². The van der Waals surface area contributed by atoms with Gasteiger partial charge in [-0.2, -0.15) is 5.26 Å². The number of nitrogens with zero attached hydrogens (tertiary/aromatic N) is 2. The quantitative estimate of drug-likeness (QED) is 0.661. The van der Waals surface area contributed by atoms with E-state index >= 15 is 0 Å². The smallest absolute Gasteiger partial charge is 0.270 e. The van der Waals surface area contributed by atoms with Gasteiger partial charge in [0.25, 0.3) is 5.56 Å². The monoisotopic (exact) mass is 355 g/mol. The van der Waals surface area contributed by atoms with Crippen molar-refractivity contribution in [2.45, 2.75) is 5.16 Å². The van der Waals surface area contributed by atoms with E-state index in [1.165, 1.54) is 11.8 Å². The number of thioether (sulfide) groups is 1. The zero-order valence-corrected chi connectivity index (χ0v) is 12.9. The van der Waals surface area contributed by atoms with Crippen LogP contribution in [-0.4, -0.2) is 16.2 Å². The molecule has 0 saturated carbocycles. The van der Waals surface area contributed by atoms with Gasteiger partial charge in [0.2, 0.25) is 0 Å². The molecule has 0 unspecified atom stereocenters. The first-order valence-electron chi connectivity index (χ1n) is 5.10. The number of aromatic amines is 1. The average Bonchev–Trinajstić information content (AvgIpc) is 2.41. The third kappa shape index (κ3) is 2.84. The highest BCUT2D eigenvalue weighted by Gasteiger charge is 2.13. The number of halogens is 2. The third-order valence-corrected chi connectivity index (χ3v) is 4.19. The first-order chi connectivity index (χ1) is 9.06. The summed E-state index contributed by atoms with van der Waals surface area (Å²) in [6, 6.07) is 7.02. The Kier molecular flexibility index (Phi) is 4.30. The van der Waals surface area contributed by atoms with Crippen molar-refractivity contribution in [3.8, 4) is 17.3 Å². The van der Waals surface area contributed by atoms with Crippen molar-refractivity contribution in [2.75, 3.05) is 6.26 Å². The second-order valence-corrected chi connectivity index (χ2v) is 5.60. The molecule has 1 heterocycles. The number of hydrogen-bond donors (Lipinski definition) is 1. The van der Waals surface area contributed by atoms with Gasteiger partial charge in [-0.05, 0) is 34.3 Å². The van der Waals surface area contributed by atoms with Crippen LogP contribution in [0.15, 0.2) is 32.6 Å². The van der Waals surface area contributed by atoms with Crippen molar-refractivity contribution in [1.29, 1.82) is 5.26 Å².